The first-order chi connectivity index (χ1) is 8.69. The number of hydrogen-bond donors (Lipinski definition) is 1. The zero-order valence-corrected chi connectivity index (χ0v) is 14.8. The van der Waals surface area contributed by atoms with E-state index in [4.69, 9.17) is 5.73 Å². The molecule has 108 valence electrons. The molecule has 2 rings (SSSR count). The van der Waals surface area contributed by atoms with Gasteiger partial charge in [-0.25, -0.2) is 9.98 Å². The third-order valence-electron chi connectivity index (χ3n) is 3.29. The lowest BCUT2D eigenvalue weighted by molar-refractivity contribution is 0.270. The van der Waals surface area contributed by atoms with Crippen LogP contribution in [0.1, 0.15) is 37.4 Å². The van der Waals surface area contributed by atoms with Gasteiger partial charge in [0.1, 0.15) is 0 Å². The Kier molecular flexibility index (Phi) is 7.06. The summed E-state index contributed by atoms with van der Waals surface area (Å²) in [7, 11) is 0. The van der Waals surface area contributed by atoms with Crippen molar-refractivity contribution in [3.63, 3.8) is 0 Å². The fraction of sp³-hybridized carbons (Fsp3) is 0.692. The maximum Gasteiger partial charge on any atom is 0.191 e. The van der Waals surface area contributed by atoms with Gasteiger partial charge < -0.3 is 10.6 Å². The number of piperidine rings is 1. The van der Waals surface area contributed by atoms with Crippen LogP contribution in [0.3, 0.4) is 0 Å². The molecule has 1 aliphatic heterocycles. The van der Waals surface area contributed by atoms with E-state index >= 15 is 0 Å². The molecular weight excluding hydrogens is 371 g/mol. The number of aliphatic imine (C=N–C) groups is 1. The molecule has 1 atom stereocenters. The molecule has 0 aliphatic carbocycles. The SMILES string of the molecule is CCc1nc(CN=C(N)N2CCCC(C)C2)cs1.I. The first-order valence-electron chi connectivity index (χ1n) is 6.67. The van der Waals surface area contributed by atoms with Gasteiger partial charge in [0.2, 0.25) is 0 Å². The Hall–Kier alpha value is -0.370. The second kappa shape index (κ2) is 8.04. The number of hydrogen-bond acceptors (Lipinski definition) is 3. The van der Waals surface area contributed by atoms with Gasteiger partial charge in [0, 0.05) is 18.5 Å². The number of halogens is 1. The number of aromatic nitrogens is 1. The van der Waals surface area contributed by atoms with Gasteiger partial charge >= 0.3 is 0 Å². The van der Waals surface area contributed by atoms with Crippen molar-refractivity contribution in [1.29, 1.82) is 0 Å². The van der Waals surface area contributed by atoms with Crippen LogP contribution >= 0.6 is 35.3 Å². The van der Waals surface area contributed by atoms with Crippen molar-refractivity contribution in [1.82, 2.24) is 9.88 Å². The highest BCUT2D eigenvalue weighted by Gasteiger charge is 2.17. The Morgan fingerprint density at radius 1 is 1.63 bits per heavy atom. The number of rotatable bonds is 3. The van der Waals surface area contributed by atoms with Gasteiger partial charge in [-0.05, 0) is 25.2 Å². The molecule has 0 radical (unpaired) electrons. The lowest BCUT2D eigenvalue weighted by atomic mass is 10.0. The van der Waals surface area contributed by atoms with E-state index in [0.29, 0.717) is 12.5 Å². The minimum Gasteiger partial charge on any atom is -0.370 e. The summed E-state index contributed by atoms with van der Waals surface area (Å²) in [6.45, 7) is 7.07. The highest BCUT2D eigenvalue weighted by Crippen LogP contribution is 2.15. The first-order valence-corrected chi connectivity index (χ1v) is 7.55. The summed E-state index contributed by atoms with van der Waals surface area (Å²) in [5.41, 5.74) is 7.08. The van der Waals surface area contributed by atoms with E-state index in [9.17, 15) is 0 Å². The average Bonchev–Trinajstić information content (AvgIpc) is 2.84. The molecule has 1 aromatic heterocycles. The quantitative estimate of drug-likeness (QED) is 0.487. The van der Waals surface area contributed by atoms with Crippen molar-refractivity contribution in [2.45, 2.75) is 39.7 Å². The van der Waals surface area contributed by atoms with Crippen molar-refractivity contribution < 1.29 is 0 Å². The predicted molar refractivity (Wildman–Crippen MR) is 92.2 cm³/mol. The van der Waals surface area contributed by atoms with E-state index in [0.717, 1.165) is 31.1 Å². The van der Waals surface area contributed by atoms with Crippen LogP contribution in [0.15, 0.2) is 10.4 Å². The molecule has 1 saturated heterocycles. The van der Waals surface area contributed by atoms with Crippen molar-refractivity contribution in [2.75, 3.05) is 13.1 Å². The number of nitrogens with two attached hydrogens (primary N) is 1. The lowest BCUT2D eigenvalue weighted by Gasteiger charge is -2.31. The fourth-order valence-electron chi connectivity index (χ4n) is 2.24. The summed E-state index contributed by atoms with van der Waals surface area (Å²) in [6.07, 6.45) is 3.51. The Morgan fingerprint density at radius 2 is 2.42 bits per heavy atom. The number of guanidine groups is 1. The lowest BCUT2D eigenvalue weighted by Crippen LogP contribution is -2.43. The summed E-state index contributed by atoms with van der Waals surface area (Å²) >= 11 is 1.70. The predicted octanol–water partition coefficient (Wildman–Crippen LogP) is 2.87. The van der Waals surface area contributed by atoms with Gasteiger partial charge in [-0.15, -0.1) is 35.3 Å². The van der Waals surface area contributed by atoms with E-state index in [1.807, 2.05) is 0 Å². The number of thiazole rings is 1. The second-order valence-corrected chi connectivity index (χ2v) is 5.90. The zero-order valence-electron chi connectivity index (χ0n) is 11.6. The Balaban J connectivity index is 0.00000180. The van der Waals surface area contributed by atoms with Gasteiger partial charge in [0.25, 0.3) is 0 Å². The minimum absolute atomic E-state index is 0. The molecule has 2 heterocycles. The van der Waals surface area contributed by atoms with E-state index in [2.05, 4.69) is 34.1 Å². The monoisotopic (exact) mass is 394 g/mol. The molecule has 4 nitrogen and oxygen atoms in total. The molecular formula is C13H23IN4S. The smallest absolute Gasteiger partial charge is 0.191 e. The van der Waals surface area contributed by atoms with Gasteiger partial charge in [-0.2, -0.15) is 0 Å². The number of aryl methyl sites for hydroxylation is 1. The van der Waals surface area contributed by atoms with Crippen molar-refractivity contribution in [2.24, 2.45) is 16.6 Å². The van der Waals surface area contributed by atoms with E-state index in [-0.39, 0.29) is 24.0 Å². The summed E-state index contributed by atoms with van der Waals surface area (Å²) in [6, 6.07) is 0. The highest BCUT2D eigenvalue weighted by atomic mass is 127. The van der Waals surface area contributed by atoms with Crippen molar-refractivity contribution in [3.05, 3.63) is 16.1 Å². The van der Waals surface area contributed by atoms with Crippen LogP contribution in [-0.2, 0) is 13.0 Å². The van der Waals surface area contributed by atoms with Crippen molar-refractivity contribution >= 4 is 41.3 Å². The second-order valence-electron chi connectivity index (χ2n) is 4.95. The number of nitrogens with zero attached hydrogens (tertiary/aromatic N) is 3. The third-order valence-corrected chi connectivity index (χ3v) is 4.33. The van der Waals surface area contributed by atoms with Crippen LogP contribution in [0.4, 0.5) is 0 Å². The Labute approximate surface area is 136 Å². The number of likely N-dealkylation sites (tertiary alicyclic amines) is 1. The molecule has 1 aliphatic rings. The van der Waals surface area contributed by atoms with E-state index in [1.165, 1.54) is 17.8 Å². The van der Waals surface area contributed by atoms with Crippen LogP contribution in [0.5, 0.6) is 0 Å². The molecule has 1 fully saturated rings. The maximum atomic E-state index is 6.05. The maximum absolute atomic E-state index is 6.05. The third kappa shape index (κ3) is 4.91. The molecule has 0 aromatic carbocycles. The molecule has 1 unspecified atom stereocenters. The van der Waals surface area contributed by atoms with Gasteiger partial charge in [0.05, 0.1) is 17.2 Å². The van der Waals surface area contributed by atoms with Crippen LogP contribution in [0, 0.1) is 5.92 Å². The minimum atomic E-state index is 0. The molecule has 19 heavy (non-hydrogen) atoms. The van der Waals surface area contributed by atoms with Gasteiger partial charge in [-0.3, -0.25) is 0 Å². The zero-order chi connectivity index (χ0) is 13.0. The molecule has 0 amide bonds. The molecule has 0 bridgehead atoms. The van der Waals surface area contributed by atoms with Crippen LogP contribution in [0.25, 0.3) is 0 Å². The summed E-state index contributed by atoms with van der Waals surface area (Å²) in [5, 5.41) is 3.25. The summed E-state index contributed by atoms with van der Waals surface area (Å²) < 4.78 is 0. The van der Waals surface area contributed by atoms with Crippen LogP contribution in [-0.4, -0.2) is 28.9 Å². The first kappa shape index (κ1) is 16.7. The standard InChI is InChI=1S/C13H22N4S.HI/c1-3-12-16-11(9-18-12)7-15-13(14)17-6-4-5-10(2)8-17;/h9-10H,3-8H2,1-2H3,(H2,14,15);1H. The largest absolute Gasteiger partial charge is 0.370 e. The van der Waals surface area contributed by atoms with Crippen molar-refractivity contribution in [3.8, 4) is 0 Å². The average molecular weight is 394 g/mol. The molecule has 0 spiro atoms. The topological polar surface area (TPSA) is 54.5 Å². The molecule has 6 heteroatoms. The van der Waals surface area contributed by atoms with Gasteiger partial charge in [-0.1, -0.05) is 13.8 Å². The normalized spacial score (nSPS) is 20.2. The molecule has 0 saturated carbocycles. The van der Waals surface area contributed by atoms with E-state index < -0.39 is 0 Å². The summed E-state index contributed by atoms with van der Waals surface area (Å²) in [5.74, 6) is 1.39. The molecule has 1 aromatic rings. The summed E-state index contributed by atoms with van der Waals surface area (Å²) in [4.78, 5) is 11.2. The van der Waals surface area contributed by atoms with Crippen LogP contribution in [0.2, 0.25) is 0 Å². The fourth-order valence-corrected chi connectivity index (χ4v) is 2.98. The van der Waals surface area contributed by atoms with Crippen LogP contribution < -0.4 is 5.73 Å². The Morgan fingerprint density at radius 3 is 3.05 bits per heavy atom. The molecule has 2 N–H and O–H groups in total. The highest BCUT2D eigenvalue weighted by molar-refractivity contribution is 14.0. The van der Waals surface area contributed by atoms with E-state index in [1.54, 1.807) is 11.3 Å². The Bertz CT molecular complexity index is 419. The van der Waals surface area contributed by atoms with Gasteiger partial charge in [0.15, 0.2) is 5.96 Å².